The Morgan fingerprint density at radius 1 is 1.16 bits per heavy atom. The highest BCUT2D eigenvalue weighted by Crippen LogP contribution is 2.52. The zero-order valence-corrected chi connectivity index (χ0v) is 23.3. The minimum absolute atomic E-state index is 0.150. The van der Waals surface area contributed by atoms with Crippen LogP contribution in [0.3, 0.4) is 0 Å². The van der Waals surface area contributed by atoms with Crippen LogP contribution in [-0.4, -0.2) is 47.4 Å². The molecule has 1 aromatic heterocycles. The Kier molecular flexibility index (Phi) is 6.71. The van der Waals surface area contributed by atoms with E-state index in [0.717, 1.165) is 50.2 Å². The molecule has 5 rings (SSSR count). The van der Waals surface area contributed by atoms with E-state index in [0.29, 0.717) is 28.6 Å². The molecule has 7 nitrogen and oxygen atoms in total. The van der Waals surface area contributed by atoms with Gasteiger partial charge in [-0.3, -0.25) is 9.59 Å². The summed E-state index contributed by atoms with van der Waals surface area (Å²) < 4.78 is 0. The third-order valence-corrected chi connectivity index (χ3v) is 9.37. The summed E-state index contributed by atoms with van der Waals surface area (Å²) >= 11 is 0. The number of carbonyl (C=O) groups excluding carboxylic acids is 2. The number of likely N-dealkylation sites (tertiary alicyclic amines) is 1. The molecule has 3 heterocycles. The van der Waals surface area contributed by atoms with Crippen molar-refractivity contribution >= 4 is 23.3 Å². The molecule has 2 amide bonds. The predicted octanol–water partition coefficient (Wildman–Crippen LogP) is 5.43. The third-order valence-electron chi connectivity index (χ3n) is 9.37. The van der Waals surface area contributed by atoms with Crippen LogP contribution in [0.15, 0.2) is 30.5 Å². The number of benzene rings is 1. The van der Waals surface area contributed by atoms with Crippen molar-refractivity contribution in [3.05, 3.63) is 52.7 Å². The van der Waals surface area contributed by atoms with Crippen molar-refractivity contribution in [2.75, 3.05) is 30.4 Å². The average Bonchev–Trinajstić information content (AvgIpc) is 3.52. The van der Waals surface area contributed by atoms with Crippen LogP contribution in [0.2, 0.25) is 0 Å². The zero-order chi connectivity index (χ0) is 27.2. The lowest BCUT2D eigenvalue weighted by molar-refractivity contribution is -0.144. The van der Waals surface area contributed by atoms with Gasteiger partial charge in [-0.15, -0.1) is 0 Å². The van der Waals surface area contributed by atoms with Gasteiger partial charge in [-0.25, -0.2) is 4.98 Å². The van der Waals surface area contributed by atoms with Gasteiger partial charge in [0.05, 0.1) is 23.5 Å². The Morgan fingerprint density at radius 3 is 2.58 bits per heavy atom. The number of amides is 2. The van der Waals surface area contributed by atoms with E-state index >= 15 is 0 Å². The van der Waals surface area contributed by atoms with Gasteiger partial charge in [0, 0.05) is 48.1 Å². The van der Waals surface area contributed by atoms with Crippen LogP contribution < -0.4 is 10.2 Å². The number of aromatic nitrogens is 1. The molecule has 1 saturated heterocycles. The fraction of sp³-hybridized carbons (Fsp3) is 0.548. The fourth-order valence-electron chi connectivity index (χ4n) is 7.34. The summed E-state index contributed by atoms with van der Waals surface area (Å²) in [5.41, 5.74) is 3.48. The first-order chi connectivity index (χ1) is 18.0. The SMILES string of the molecule is Cc1c(NC(=O)c2cccc(C#N)c2)cnc2c1C(C)([C@@H]1CCN(C(=O)C3CCCC3)C(C)(C)C1)CN2C. The first-order valence-corrected chi connectivity index (χ1v) is 13.9. The molecule has 1 saturated carbocycles. The molecular weight excluding hydrogens is 474 g/mol. The van der Waals surface area contributed by atoms with Gasteiger partial charge >= 0.3 is 0 Å². The molecule has 2 atom stereocenters. The number of hydrogen-bond acceptors (Lipinski definition) is 5. The first kappa shape index (κ1) is 26.2. The minimum Gasteiger partial charge on any atom is -0.359 e. The highest BCUT2D eigenvalue weighted by Gasteiger charge is 2.51. The number of piperidine rings is 1. The maximum atomic E-state index is 13.4. The first-order valence-electron chi connectivity index (χ1n) is 13.9. The van der Waals surface area contributed by atoms with Crippen LogP contribution in [0, 0.1) is 30.1 Å². The number of anilines is 2. The van der Waals surface area contributed by atoms with Crippen LogP contribution in [0.4, 0.5) is 11.5 Å². The maximum absolute atomic E-state index is 13.4. The summed E-state index contributed by atoms with van der Waals surface area (Å²) in [6, 6.07) is 8.82. The molecule has 2 aliphatic heterocycles. The lowest BCUT2D eigenvalue weighted by atomic mass is 9.64. The molecule has 1 unspecified atom stereocenters. The van der Waals surface area contributed by atoms with Crippen LogP contribution >= 0.6 is 0 Å². The number of nitrogens with one attached hydrogen (secondary N) is 1. The number of likely N-dealkylation sites (N-methyl/N-ethyl adjacent to an activating group) is 1. The molecule has 2 fully saturated rings. The molecule has 1 aromatic carbocycles. The number of rotatable bonds is 4. The standard InChI is InChI=1S/C31H39N5O2/c1-20-25(34-28(37)23-12-8-9-21(15-23)17-32)18-33-27-26(20)31(4,19-35(27)5)24-13-14-36(30(2,3)16-24)29(38)22-10-6-7-11-22/h8-9,12,15,18,22,24H,6-7,10-11,13-14,16,19H2,1-5H3,(H,34,37)/t24-,31?/m1/s1. The van der Waals surface area contributed by atoms with Crippen molar-refractivity contribution in [2.24, 2.45) is 11.8 Å². The Hall–Kier alpha value is -3.40. The van der Waals surface area contributed by atoms with Gasteiger partial charge < -0.3 is 15.1 Å². The second-order valence-electron chi connectivity index (χ2n) is 12.4. The average molecular weight is 514 g/mol. The van der Waals surface area contributed by atoms with Crippen LogP contribution in [0.5, 0.6) is 0 Å². The summed E-state index contributed by atoms with van der Waals surface area (Å²) in [4.78, 5) is 35.6. The highest BCUT2D eigenvalue weighted by molar-refractivity contribution is 6.05. The van der Waals surface area contributed by atoms with E-state index in [1.165, 1.54) is 18.4 Å². The van der Waals surface area contributed by atoms with Crippen molar-refractivity contribution in [3.63, 3.8) is 0 Å². The quantitative estimate of drug-likeness (QED) is 0.589. The maximum Gasteiger partial charge on any atom is 0.255 e. The normalized spacial score (nSPS) is 24.7. The number of fused-ring (bicyclic) bond motifs is 1. The molecule has 7 heteroatoms. The van der Waals surface area contributed by atoms with E-state index in [4.69, 9.17) is 4.98 Å². The van der Waals surface area contributed by atoms with Gasteiger partial charge in [0.1, 0.15) is 5.82 Å². The van der Waals surface area contributed by atoms with Gasteiger partial charge in [-0.2, -0.15) is 5.26 Å². The summed E-state index contributed by atoms with van der Waals surface area (Å²) in [7, 11) is 2.09. The summed E-state index contributed by atoms with van der Waals surface area (Å²) in [6.45, 7) is 10.5. The van der Waals surface area contributed by atoms with Gasteiger partial charge in [0.25, 0.3) is 5.91 Å². The van der Waals surface area contributed by atoms with Crippen molar-refractivity contribution in [1.29, 1.82) is 5.26 Å². The van der Waals surface area contributed by atoms with Gasteiger partial charge in [0.2, 0.25) is 5.91 Å². The molecular formula is C31H39N5O2. The van der Waals surface area contributed by atoms with Gasteiger partial charge in [-0.1, -0.05) is 25.8 Å². The summed E-state index contributed by atoms with van der Waals surface area (Å²) in [6.07, 6.45) is 8.05. The number of carbonyl (C=O) groups is 2. The largest absolute Gasteiger partial charge is 0.359 e. The molecule has 0 radical (unpaired) electrons. The van der Waals surface area contributed by atoms with Crippen LogP contribution in [-0.2, 0) is 10.2 Å². The lowest BCUT2D eigenvalue weighted by Crippen LogP contribution is -2.57. The molecule has 0 spiro atoms. The topological polar surface area (TPSA) is 89.3 Å². The van der Waals surface area contributed by atoms with E-state index in [2.05, 4.69) is 55.9 Å². The Balaban J connectivity index is 1.41. The molecule has 0 bridgehead atoms. The van der Waals surface area contributed by atoms with Crippen molar-refractivity contribution in [3.8, 4) is 6.07 Å². The zero-order valence-electron chi connectivity index (χ0n) is 23.3. The van der Waals surface area contributed by atoms with Crippen molar-refractivity contribution in [1.82, 2.24) is 9.88 Å². The molecule has 38 heavy (non-hydrogen) atoms. The highest BCUT2D eigenvalue weighted by atomic mass is 16.2. The number of hydrogen-bond donors (Lipinski definition) is 1. The predicted molar refractivity (Wildman–Crippen MR) is 149 cm³/mol. The second-order valence-corrected chi connectivity index (χ2v) is 12.4. The van der Waals surface area contributed by atoms with Crippen molar-refractivity contribution < 1.29 is 9.59 Å². The lowest BCUT2D eigenvalue weighted by Gasteiger charge is -2.50. The monoisotopic (exact) mass is 513 g/mol. The van der Waals surface area contributed by atoms with Gasteiger partial charge in [0.15, 0.2) is 0 Å². The molecule has 2 aromatic rings. The van der Waals surface area contributed by atoms with E-state index in [9.17, 15) is 14.9 Å². The second kappa shape index (κ2) is 9.72. The van der Waals surface area contributed by atoms with Gasteiger partial charge in [-0.05, 0) is 76.1 Å². The fourth-order valence-corrected chi connectivity index (χ4v) is 7.34. The molecule has 1 aliphatic carbocycles. The number of nitriles is 1. The smallest absolute Gasteiger partial charge is 0.255 e. The number of nitrogens with zero attached hydrogens (tertiary/aromatic N) is 4. The van der Waals surface area contributed by atoms with Crippen LogP contribution in [0.25, 0.3) is 0 Å². The summed E-state index contributed by atoms with van der Waals surface area (Å²) in [5, 5.41) is 12.3. The third kappa shape index (κ3) is 4.44. The molecule has 3 aliphatic rings. The Morgan fingerprint density at radius 2 is 1.89 bits per heavy atom. The van der Waals surface area contributed by atoms with E-state index in [-0.39, 0.29) is 22.8 Å². The van der Waals surface area contributed by atoms with Crippen molar-refractivity contribution in [2.45, 2.75) is 77.2 Å². The minimum atomic E-state index is -0.250. The van der Waals surface area contributed by atoms with E-state index in [1.54, 1.807) is 30.5 Å². The molecule has 200 valence electrons. The number of pyridine rings is 1. The van der Waals surface area contributed by atoms with E-state index < -0.39 is 0 Å². The Bertz CT molecular complexity index is 1310. The van der Waals surface area contributed by atoms with Crippen LogP contribution in [0.1, 0.15) is 86.3 Å². The Labute approximate surface area is 226 Å². The van der Waals surface area contributed by atoms with E-state index in [1.807, 2.05) is 0 Å². The summed E-state index contributed by atoms with van der Waals surface area (Å²) in [5.74, 6) is 1.65. The molecule has 1 N–H and O–H groups in total.